The van der Waals surface area contributed by atoms with Gasteiger partial charge in [-0.2, -0.15) is 0 Å². The van der Waals surface area contributed by atoms with Crippen LogP contribution < -0.4 is 11.3 Å². The van der Waals surface area contributed by atoms with Gasteiger partial charge in [0.2, 0.25) is 5.95 Å². The first-order valence-electron chi connectivity index (χ1n) is 3.15. The van der Waals surface area contributed by atoms with Gasteiger partial charge in [-0.05, 0) is 0 Å². The van der Waals surface area contributed by atoms with Crippen LogP contribution in [-0.2, 0) is 11.2 Å². The average molecular weight is 169 g/mol. The van der Waals surface area contributed by atoms with Gasteiger partial charge in [0.05, 0.1) is 12.1 Å². The second kappa shape index (κ2) is 3.04. The Morgan fingerprint density at radius 1 is 1.75 bits per heavy atom. The number of aromatic amines is 1. The van der Waals surface area contributed by atoms with Crippen LogP contribution in [0, 0.1) is 0 Å². The average Bonchev–Trinajstić information content (AvgIpc) is 1.81. The number of nitrogen functional groups attached to an aromatic ring is 1. The van der Waals surface area contributed by atoms with Gasteiger partial charge in [0.25, 0.3) is 5.56 Å². The highest BCUT2D eigenvalue weighted by atomic mass is 16.4. The Balaban J connectivity index is 3.01. The topological polar surface area (TPSA) is 109 Å². The molecule has 0 fully saturated rings. The number of rotatable bonds is 2. The molecule has 0 aliphatic rings. The van der Waals surface area contributed by atoms with E-state index in [1.54, 1.807) is 0 Å². The molecule has 0 spiro atoms. The van der Waals surface area contributed by atoms with Crippen LogP contribution in [0.4, 0.5) is 5.95 Å². The quantitative estimate of drug-likeness (QED) is 0.525. The van der Waals surface area contributed by atoms with Crippen LogP contribution in [0.15, 0.2) is 10.9 Å². The van der Waals surface area contributed by atoms with Crippen molar-refractivity contribution in [2.45, 2.75) is 6.42 Å². The number of hydrogen-bond donors (Lipinski definition) is 3. The highest BCUT2D eigenvalue weighted by Crippen LogP contribution is 1.93. The largest absolute Gasteiger partial charge is 0.481 e. The summed E-state index contributed by atoms with van der Waals surface area (Å²) in [5.41, 5.74) is 4.89. The molecule has 0 radical (unpaired) electrons. The summed E-state index contributed by atoms with van der Waals surface area (Å²) in [4.78, 5) is 26.7. The van der Waals surface area contributed by atoms with Gasteiger partial charge in [-0.15, -0.1) is 0 Å². The molecule has 0 bridgehead atoms. The molecule has 0 amide bonds. The summed E-state index contributed by atoms with van der Waals surface area (Å²) in [6, 6.07) is 1.10. The van der Waals surface area contributed by atoms with Crippen LogP contribution in [0.5, 0.6) is 0 Å². The summed E-state index contributed by atoms with van der Waals surface area (Å²) in [5.74, 6) is -1.12. The van der Waals surface area contributed by atoms with E-state index in [2.05, 4.69) is 9.97 Å². The molecule has 1 heterocycles. The van der Waals surface area contributed by atoms with E-state index in [1.807, 2.05) is 0 Å². The smallest absolute Gasteiger partial charge is 0.309 e. The summed E-state index contributed by atoms with van der Waals surface area (Å²) >= 11 is 0. The first kappa shape index (κ1) is 8.25. The summed E-state index contributed by atoms with van der Waals surface area (Å²) in [6.45, 7) is 0. The molecule has 6 heteroatoms. The molecule has 1 aromatic heterocycles. The van der Waals surface area contributed by atoms with Crippen LogP contribution >= 0.6 is 0 Å². The molecule has 4 N–H and O–H groups in total. The van der Waals surface area contributed by atoms with Crippen molar-refractivity contribution in [2.24, 2.45) is 0 Å². The number of nitrogens with zero attached hydrogens (tertiary/aromatic N) is 1. The second-order valence-corrected chi connectivity index (χ2v) is 2.19. The normalized spacial score (nSPS) is 9.67. The van der Waals surface area contributed by atoms with Crippen molar-refractivity contribution in [3.05, 3.63) is 22.1 Å². The molecule has 0 atom stereocenters. The van der Waals surface area contributed by atoms with E-state index in [0.29, 0.717) is 0 Å². The van der Waals surface area contributed by atoms with E-state index >= 15 is 0 Å². The lowest BCUT2D eigenvalue weighted by molar-refractivity contribution is -0.136. The van der Waals surface area contributed by atoms with E-state index in [1.165, 1.54) is 0 Å². The van der Waals surface area contributed by atoms with E-state index in [-0.39, 0.29) is 18.1 Å². The third kappa shape index (κ3) is 2.08. The number of aliphatic carboxylic acids is 1. The van der Waals surface area contributed by atoms with Gasteiger partial charge in [0, 0.05) is 6.07 Å². The van der Waals surface area contributed by atoms with Crippen molar-refractivity contribution in [3.8, 4) is 0 Å². The van der Waals surface area contributed by atoms with Crippen LogP contribution in [0.3, 0.4) is 0 Å². The standard InChI is InChI=1S/C6H7N3O3/c7-6-8-3(2-5(11)12)1-4(10)9-6/h1H,2H2,(H,11,12)(H3,7,8,9,10). The minimum atomic E-state index is -1.05. The first-order valence-corrected chi connectivity index (χ1v) is 3.15. The van der Waals surface area contributed by atoms with Crippen molar-refractivity contribution in [3.63, 3.8) is 0 Å². The van der Waals surface area contributed by atoms with Crippen molar-refractivity contribution < 1.29 is 9.90 Å². The van der Waals surface area contributed by atoms with E-state index in [9.17, 15) is 9.59 Å². The molecule has 0 saturated heterocycles. The molecule has 0 saturated carbocycles. The Bertz CT molecular complexity index is 357. The summed E-state index contributed by atoms with van der Waals surface area (Å²) in [5, 5.41) is 8.36. The number of carbonyl (C=O) groups is 1. The van der Waals surface area contributed by atoms with Crippen molar-refractivity contribution in [1.82, 2.24) is 9.97 Å². The number of H-pyrrole nitrogens is 1. The van der Waals surface area contributed by atoms with E-state index < -0.39 is 11.5 Å². The van der Waals surface area contributed by atoms with Crippen LogP contribution in [-0.4, -0.2) is 21.0 Å². The maximum absolute atomic E-state index is 10.7. The second-order valence-electron chi connectivity index (χ2n) is 2.19. The maximum Gasteiger partial charge on any atom is 0.309 e. The fourth-order valence-corrected chi connectivity index (χ4v) is 0.774. The van der Waals surface area contributed by atoms with E-state index in [4.69, 9.17) is 10.8 Å². The number of hydrogen-bond acceptors (Lipinski definition) is 4. The van der Waals surface area contributed by atoms with Gasteiger partial charge in [-0.1, -0.05) is 0 Å². The highest BCUT2D eigenvalue weighted by Gasteiger charge is 2.03. The lowest BCUT2D eigenvalue weighted by Gasteiger charge is -1.95. The molecule has 1 aromatic rings. The van der Waals surface area contributed by atoms with Crippen LogP contribution in [0.2, 0.25) is 0 Å². The third-order valence-electron chi connectivity index (χ3n) is 1.15. The van der Waals surface area contributed by atoms with Gasteiger partial charge < -0.3 is 10.8 Å². The molecule has 12 heavy (non-hydrogen) atoms. The molecule has 0 aromatic carbocycles. The number of anilines is 1. The van der Waals surface area contributed by atoms with Gasteiger partial charge in [-0.3, -0.25) is 14.6 Å². The zero-order valence-electron chi connectivity index (χ0n) is 6.07. The zero-order valence-corrected chi connectivity index (χ0v) is 6.07. The Labute approximate surface area is 67.1 Å². The predicted molar refractivity (Wildman–Crippen MR) is 40.6 cm³/mol. The summed E-state index contributed by atoms with van der Waals surface area (Å²) < 4.78 is 0. The molecular weight excluding hydrogens is 162 g/mol. The van der Waals surface area contributed by atoms with Crippen LogP contribution in [0.25, 0.3) is 0 Å². The van der Waals surface area contributed by atoms with Crippen molar-refractivity contribution in [2.75, 3.05) is 5.73 Å². The highest BCUT2D eigenvalue weighted by molar-refractivity contribution is 5.69. The molecule has 1 rings (SSSR count). The number of carboxylic acids is 1. The summed E-state index contributed by atoms with van der Waals surface area (Å²) in [6.07, 6.45) is -0.298. The Hall–Kier alpha value is -1.85. The predicted octanol–water partition coefficient (Wildman–Crippen LogP) is -1.02. The van der Waals surface area contributed by atoms with Gasteiger partial charge >= 0.3 is 5.97 Å². The van der Waals surface area contributed by atoms with Crippen LogP contribution in [0.1, 0.15) is 5.69 Å². The lowest BCUT2D eigenvalue weighted by atomic mass is 10.3. The SMILES string of the molecule is Nc1nc(CC(=O)O)cc(=O)[nH]1. The molecular formula is C6H7N3O3. The molecule has 64 valence electrons. The van der Waals surface area contributed by atoms with Crippen molar-refractivity contribution in [1.29, 1.82) is 0 Å². The van der Waals surface area contributed by atoms with Gasteiger partial charge in [0.15, 0.2) is 0 Å². The monoisotopic (exact) mass is 169 g/mol. The Kier molecular flexibility index (Phi) is 2.09. The minimum absolute atomic E-state index is 0.0706. The molecule has 0 aliphatic heterocycles. The molecule has 6 nitrogen and oxygen atoms in total. The first-order chi connectivity index (χ1) is 5.58. The molecule has 0 aliphatic carbocycles. The maximum atomic E-state index is 10.7. The fraction of sp³-hybridized carbons (Fsp3) is 0.167. The zero-order chi connectivity index (χ0) is 9.14. The number of aromatic nitrogens is 2. The van der Waals surface area contributed by atoms with Gasteiger partial charge in [-0.25, -0.2) is 4.98 Å². The van der Waals surface area contributed by atoms with Gasteiger partial charge in [0.1, 0.15) is 0 Å². The molecule has 0 unspecified atom stereocenters. The summed E-state index contributed by atoms with van der Waals surface area (Å²) in [7, 11) is 0. The van der Waals surface area contributed by atoms with Crippen molar-refractivity contribution >= 4 is 11.9 Å². The fourth-order valence-electron chi connectivity index (χ4n) is 0.774. The number of nitrogens with one attached hydrogen (secondary N) is 1. The Morgan fingerprint density at radius 2 is 2.42 bits per heavy atom. The van der Waals surface area contributed by atoms with E-state index in [0.717, 1.165) is 6.07 Å². The lowest BCUT2D eigenvalue weighted by Crippen LogP contribution is -2.14. The number of nitrogens with two attached hydrogens (primary N) is 1. The third-order valence-corrected chi connectivity index (χ3v) is 1.15. The minimum Gasteiger partial charge on any atom is -0.481 e. The number of carboxylic acid groups (broad SMARTS) is 1. The Morgan fingerprint density at radius 3 is 2.92 bits per heavy atom.